The fraction of sp³-hybridized carbons (Fsp3) is 0.286. The van der Waals surface area contributed by atoms with Crippen LogP contribution in [-0.4, -0.2) is 23.7 Å². The predicted octanol–water partition coefficient (Wildman–Crippen LogP) is 2.40. The Kier molecular flexibility index (Phi) is 6.15. The topological polar surface area (TPSA) is 78.4 Å². The van der Waals surface area contributed by atoms with Crippen molar-refractivity contribution in [2.45, 2.75) is 19.8 Å². The van der Waals surface area contributed by atoms with Crippen LogP contribution in [0, 0.1) is 0 Å². The molecule has 0 unspecified atom stereocenters. The Morgan fingerprint density at radius 3 is 2.53 bits per heavy atom. The summed E-state index contributed by atoms with van der Waals surface area (Å²) in [5, 5.41) is 13.6. The third-order valence-electron chi connectivity index (χ3n) is 2.39. The Balaban J connectivity index is 2.37. The summed E-state index contributed by atoms with van der Waals surface area (Å²) < 4.78 is 0. The summed E-state index contributed by atoms with van der Waals surface area (Å²) in [4.78, 5) is 21.7. The van der Waals surface area contributed by atoms with Crippen molar-refractivity contribution >= 4 is 17.7 Å². The van der Waals surface area contributed by atoms with Gasteiger partial charge in [-0.25, -0.2) is 9.59 Å². The first-order valence-corrected chi connectivity index (χ1v) is 6.15. The van der Waals surface area contributed by atoms with Gasteiger partial charge in [-0.15, -0.1) is 0 Å². The van der Waals surface area contributed by atoms with Crippen LogP contribution >= 0.6 is 0 Å². The van der Waals surface area contributed by atoms with Crippen LogP contribution in [0.5, 0.6) is 0 Å². The van der Waals surface area contributed by atoms with Crippen molar-refractivity contribution in [2.24, 2.45) is 0 Å². The van der Waals surface area contributed by atoms with E-state index in [0.29, 0.717) is 5.69 Å². The van der Waals surface area contributed by atoms with Crippen molar-refractivity contribution in [1.82, 2.24) is 5.32 Å². The van der Waals surface area contributed by atoms with Gasteiger partial charge in [0.2, 0.25) is 0 Å². The van der Waals surface area contributed by atoms with Gasteiger partial charge >= 0.3 is 12.0 Å². The molecular weight excluding hydrogens is 244 g/mol. The molecule has 5 nitrogen and oxygen atoms in total. The minimum atomic E-state index is -1.03. The lowest BCUT2D eigenvalue weighted by atomic mass is 10.1. The molecule has 19 heavy (non-hydrogen) atoms. The molecule has 0 aliphatic rings. The summed E-state index contributed by atoms with van der Waals surface area (Å²) in [6, 6.07) is 7.28. The van der Waals surface area contributed by atoms with Crippen LogP contribution in [0.3, 0.4) is 0 Å². The number of carboxylic acids is 1. The third kappa shape index (κ3) is 6.26. The van der Waals surface area contributed by atoms with Gasteiger partial charge in [-0.2, -0.15) is 0 Å². The van der Waals surface area contributed by atoms with E-state index in [4.69, 9.17) is 5.11 Å². The van der Waals surface area contributed by atoms with E-state index in [2.05, 4.69) is 17.6 Å². The fourth-order valence-corrected chi connectivity index (χ4v) is 1.53. The van der Waals surface area contributed by atoms with Gasteiger partial charge in [0.15, 0.2) is 0 Å². The molecule has 2 amide bonds. The number of hydrogen-bond donors (Lipinski definition) is 3. The fourth-order valence-electron chi connectivity index (χ4n) is 1.53. The van der Waals surface area contributed by atoms with E-state index in [-0.39, 0.29) is 12.6 Å². The molecule has 0 saturated carbocycles. The van der Waals surface area contributed by atoms with Crippen LogP contribution < -0.4 is 10.6 Å². The molecule has 5 heteroatoms. The Morgan fingerprint density at radius 2 is 1.95 bits per heavy atom. The maximum absolute atomic E-state index is 11.5. The molecule has 1 rings (SSSR count). The molecule has 0 heterocycles. The van der Waals surface area contributed by atoms with Crippen molar-refractivity contribution in [2.75, 3.05) is 11.9 Å². The van der Waals surface area contributed by atoms with Crippen LogP contribution in [0.1, 0.15) is 18.9 Å². The maximum atomic E-state index is 11.5. The quantitative estimate of drug-likeness (QED) is 0.689. The number of aryl methyl sites for hydroxylation is 1. The first kappa shape index (κ1) is 14.8. The Morgan fingerprint density at radius 1 is 1.26 bits per heavy atom. The van der Waals surface area contributed by atoms with Gasteiger partial charge in [-0.05, 0) is 24.1 Å². The molecule has 102 valence electrons. The third-order valence-corrected chi connectivity index (χ3v) is 2.39. The summed E-state index contributed by atoms with van der Waals surface area (Å²) >= 11 is 0. The number of hydrogen-bond acceptors (Lipinski definition) is 2. The van der Waals surface area contributed by atoms with Gasteiger partial charge in [-0.1, -0.05) is 31.6 Å². The van der Waals surface area contributed by atoms with E-state index in [1.807, 2.05) is 24.3 Å². The zero-order valence-electron chi connectivity index (χ0n) is 10.8. The van der Waals surface area contributed by atoms with Crippen LogP contribution in [0.4, 0.5) is 10.5 Å². The lowest BCUT2D eigenvalue weighted by molar-refractivity contribution is -0.131. The first-order chi connectivity index (χ1) is 9.11. The highest BCUT2D eigenvalue weighted by Gasteiger charge is 2.00. The second-order valence-corrected chi connectivity index (χ2v) is 4.02. The highest BCUT2D eigenvalue weighted by Crippen LogP contribution is 2.10. The number of anilines is 1. The standard InChI is InChI=1S/C14H18N2O3/c1-2-4-11-6-8-12(9-7-11)16-14(19)15-10-3-5-13(17)18/h3,5-9H,2,4,10H2,1H3,(H,17,18)(H2,15,16,19)/b5-3+. The number of urea groups is 1. The highest BCUT2D eigenvalue weighted by atomic mass is 16.4. The van der Waals surface area contributed by atoms with Crippen LogP contribution in [0.15, 0.2) is 36.4 Å². The molecule has 0 atom stereocenters. The van der Waals surface area contributed by atoms with E-state index in [1.165, 1.54) is 11.6 Å². The molecule has 1 aromatic carbocycles. The first-order valence-electron chi connectivity index (χ1n) is 6.15. The zero-order chi connectivity index (χ0) is 14.1. The van der Waals surface area contributed by atoms with E-state index in [9.17, 15) is 9.59 Å². The summed E-state index contributed by atoms with van der Waals surface area (Å²) in [5.41, 5.74) is 1.94. The molecule has 0 radical (unpaired) electrons. The minimum Gasteiger partial charge on any atom is -0.478 e. The SMILES string of the molecule is CCCc1ccc(NC(=O)NC/C=C/C(=O)O)cc1. The predicted molar refractivity (Wildman–Crippen MR) is 74.2 cm³/mol. The average molecular weight is 262 g/mol. The number of nitrogens with one attached hydrogen (secondary N) is 2. The summed E-state index contributed by atoms with van der Waals surface area (Å²) in [6.07, 6.45) is 4.46. The zero-order valence-corrected chi connectivity index (χ0v) is 10.8. The second-order valence-electron chi connectivity index (χ2n) is 4.02. The minimum absolute atomic E-state index is 0.173. The number of amides is 2. The van der Waals surface area contributed by atoms with Crippen molar-refractivity contribution in [1.29, 1.82) is 0 Å². The number of carbonyl (C=O) groups is 2. The molecule has 0 bridgehead atoms. The molecule has 0 aliphatic carbocycles. The molecule has 0 fully saturated rings. The van der Waals surface area contributed by atoms with Gasteiger partial charge in [-0.3, -0.25) is 0 Å². The highest BCUT2D eigenvalue weighted by molar-refractivity contribution is 5.89. The smallest absolute Gasteiger partial charge is 0.328 e. The van der Waals surface area contributed by atoms with Crippen molar-refractivity contribution in [3.63, 3.8) is 0 Å². The van der Waals surface area contributed by atoms with E-state index >= 15 is 0 Å². The Labute approximate surface area is 112 Å². The number of aliphatic carboxylic acids is 1. The van der Waals surface area contributed by atoms with Gasteiger partial charge in [0.1, 0.15) is 0 Å². The number of carboxylic acid groups (broad SMARTS) is 1. The molecule has 1 aromatic rings. The number of benzene rings is 1. The lowest BCUT2D eigenvalue weighted by Crippen LogP contribution is -2.28. The van der Waals surface area contributed by atoms with Crippen LogP contribution in [0.25, 0.3) is 0 Å². The molecule has 0 aromatic heterocycles. The van der Waals surface area contributed by atoms with Crippen molar-refractivity contribution in [3.8, 4) is 0 Å². The van der Waals surface area contributed by atoms with Gasteiger partial charge in [0.05, 0.1) is 0 Å². The van der Waals surface area contributed by atoms with Crippen LogP contribution in [0.2, 0.25) is 0 Å². The Hall–Kier alpha value is -2.30. The largest absolute Gasteiger partial charge is 0.478 e. The van der Waals surface area contributed by atoms with Gasteiger partial charge < -0.3 is 15.7 Å². The summed E-state index contributed by atoms with van der Waals surface area (Å²) in [7, 11) is 0. The number of carbonyl (C=O) groups excluding carboxylic acids is 1. The molecule has 0 saturated heterocycles. The van der Waals surface area contributed by atoms with Crippen molar-refractivity contribution < 1.29 is 14.7 Å². The maximum Gasteiger partial charge on any atom is 0.328 e. The summed E-state index contributed by atoms with van der Waals surface area (Å²) in [6.45, 7) is 2.29. The monoisotopic (exact) mass is 262 g/mol. The van der Waals surface area contributed by atoms with Crippen molar-refractivity contribution in [3.05, 3.63) is 42.0 Å². The van der Waals surface area contributed by atoms with Gasteiger partial charge in [0.25, 0.3) is 0 Å². The van der Waals surface area contributed by atoms with Gasteiger partial charge in [0, 0.05) is 18.3 Å². The summed E-state index contributed by atoms with van der Waals surface area (Å²) in [5.74, 6) is -1.03. The lowest BCUT2D eigenvalue weighted by Gasteiger charge is -2.06. The average Bonchev–Trinajstić information content (AvgIpc) is 2.37. The van der Waals surface area contributed by atoms with E-state index < -0.39 is 5.97 Å². The normalized spacial score (nSPS) is 10.4. The number of rotatable bonds is 6. The van der Waals surface area contributed by atoms with E-state index in [0.717, 1.165) is 18.9 Å². The second kappa shape index (κ2) is 7.92. The van der Waals surface area contributed by atoms with Crippen LogP contribution in [-0.2, 0) is 11.2 Å². The molecule has 3 N–H and O–H groups in total. The molecular formula is C14H18N2O3. The Bertz CT molecular complexity index is 452. The molecule has 0 aliphatic heterocycles. The van der Waals surface area contributed by atoms with E-state index in [1.54, 1.807) is 0 Å². The molecule has 0 spiro atoms.